The van der Waals surface area contributed by atoms with Gasteiger partial charge in [0.2, 0.25) is 0 Å². The number of ether oxygens (including phenoxy) is 1. The summed E-state index contributed by atoms with van der Waals surface area (Å²) in [4.78, 5) is 46.9. The standard InChI is InChI=1S/C32H39F6N7O4S/c33-31(34,35)23-13-19(14-24(27(23)39)32(36,37)38)15-26(28(46)43-7-1-21(2-8-43)42-11-5-40-6-12-42)49-30(48)44-9-3-22(4-10-44)45-16-20-17-50-18-25(20)41-29(45)47/h13-14,17-18,21-22,26,40H,1-12,15-16,39H2,(H,41,47)/t26-/m1/s1. The van der Waals surface area contributed by atoms with Crippen molar-refractivity contribution in [2.24, 2.45) is 0 Å². The summed E-state index contributed by atoms with van der Waals surface area (Å²) < 4.78 is 88.6. The van der Waals surface area contributed by atoms with E-state index >= 15 is 0 Å². The highest BCUT2D eigenvalue weighted by molar-refractivity contribution is 7.08. The molecule has 1 aromatic carbocycles. The Kier molecular flexibility index (Phi) is 10.4. The van der Waals surface area contributed by atoms with Crippen LogP contribution in [-0.4, -0.2) is 108 Å². The van der Waals surface area contributed by atoms with Gasteiger partial charge in [-0.15, -0.1) is 11.3 Å². The average Bonchev–Trinajstić information content (AvgIpc) is 3.54. The number of halogens is 6. The average molecular weight is 732 g/mol. The van der Waals surface area contributed by atoms with Gasteiger partial charge in [0, 0.05) is 81.8 Å². The molecule has 3 fully saturated rings. The number of piperazine rings is 1. The Bertz CT molecular complexity index is 1530. The van der Waals surface area contributed by atoms with Crippen LogP contribution >= 0.6 is 11.3 Å². The van der Waals surface area contributed by atoms with Crippen molar-refractivity contribution in [3.8, 4) is 0 Å². The molecular weight excluding hydrogens is 692 g/mol. The van der Waals surface area contributed by atoms with Crippen molar-refractivity contribution in [2.75, 3.05) is 63.4 Å². The Hall–Kier alpha value is -3.77. The van der Waals surface area contributed by atoms with Crippen LogP contribution in [0.3, 0.4) is 0 Å². The lowest BCUT2D eigenvalue weighted by molar-refractivity contribution is -0.142. The Morgan fingerprint density at radius 2 is 1.46 bits per heavy atom. The molecule has 0 aliphatic carbocycles. The van der Waals surface area contributed by atoms with Crippen LogP contribution in [0.5, 0.6) is 0 Å². The van der Waals surface area contributed by atoms with E-state index in [-0.39, 0.29) is 31.2 Å². The van der Waals surface area contributed by atoms with E-state index < -0.39 is 59.3 Å². The summed E-state index contributed by atoms with van der Waals surface area (Å²) >= 11 is 1.48. The first kappa shape index (κ1) is 36.0. The fourth-order valence-corrected chi connectivity index (χ4v) is 8.03. The molecule has 274 valence electrons. The summed E-state index contributed by atoms with van der Waals surface area (Å²) in [6.07, 6.45) is -11.7. The summed E-state index contributed by atoms with van der Waals surface area (Å²) in [7, 11) is 0. The van der Waals surface area contributed by atoms with E-state index in [2.05, 4.69) is 15.5 Å². The van der Waals surface area contributed by atoms with E-state index in [0.29, 0.717) is 57.5 Å². The minimum absolute atomic E-state index is 0.166. The molecular formula is C32H39F6N7O4S. The van der Waals surface area contributed by atoms with Crippen LogP contribution in [0, 0.1) is 0 Å². The molecule has 50 heavy (non-hydrogen) atoms. The fraction of sp³-hybridized carbons (Fsp3) is 0.594. The molecule has 0 unspecified atom stereocenters. The maximum Gasteiger partial charge on any atom is 0.418 e. The lowest BCUT2D eigenvalue weighted by Crippen LogP contribution is -2.54. The number of nitrogens with zero attached hydrogens (tertiary/aromatic N) is 4. The minimum atomic E-state index is -5.21. The molecule has 18 heteroatoms. The first-order valence-electron chi connectivity index (χ1n) is 16.6. The number of hydrogen-bond donors (Lipinski definition) is 3. The number of carbonyl (C=O) groups is 3. The van der Waals surface area contributed by atoms with E-state index in [4.69, 9.17) is 10.5 Å². The number of nitrogen functional groups attached to an aromatic ring is 1. The predicted molar refractivity (Wildman–Crippen MR) is 172 cm³/mol. The number of fused-ring (bicyclic) bond motifs is 1. The van der Waals surface area contributed by atoms with E-state index in [1.807, 2.05) is 10.8 Å². The Balaban J connectivity index is 1.18. The third-order valence-electron chi connectivity index (χ3n) is 9.98. The molecule has 0 saturated carbocycles. The van der Waals surface area contributed by atoms with Crippen molar-refractivity contribution >= 4 is 40.7 Å². The zero-order valence-electron chi connectivity index (χ0n) is 27.1. The minimum Gasteiger partial charge on any atom is -0.436 e. The van der Waals surface area contributed by atoms with Crippen LogP contribution in [-0.2, 0) is 34.8 Å². The number of anilines is 2. The van der Waals surface area contributed by atoms with Gasteiger partial charge in [-0.3, -0.25) is 9.69 Å². The molecule has 3 saturated heterocycles. The lowest BCUT2D eigenvalue weighted by atomic mass is 9.97. The Morgan fingerprint density at radius 3 is 2.06 bits per heavy atom. The number of carbonyl (C=O) groups excluding carboxylic acids is 3. The first-order chi connectivity index (χ1) is 23.7. The molecule has 4 aliphatic rings. The highest BCUT2D eigenvalue weighted by atomic mass is 32.1. The normalized spacial score (nSPS) is 20.8. The van der Waals surface area contributed by atoms with E-state index in [1.54, 1.807) is 4.90 Å². The monoisotopic (exact) mass is 731 g/mol. The van der Waals surface area contributed by atoms with E-state index in [9.17, 15) is 40.7 Å². The summed E-state index contributed by atoms with van der Waals surface area (Å²) in [6.45, 7) is 4.73. The second kappa shape index (κ2) is 14.5. The summed E-state index contributed by atoms with van der Waals surface area (Å²) in [5.74, 6) is -0.692. The number of alkyl halides is 6. The molecule has 1 aromatic heterocycles. The van der Waals surface area contributed by atoms with Crippen LogP contribution in [0.15, 0.2) is 22.9 Å². The van der Waals surface area contributed by atoms with Gasteiger partial charge in [-0.05, 0) is 48.8 Å². The molecule has 4 amide bonds. The van der Waals surface area contributed by atoms with Gasteiger partial charge in [-0.1, -0.05) is 0 Å². The number of benzene rings is 1. The summed E-state index contributed by atoms with van der Waals surface area (Å²) in [5.41, 5.74) is 1.75. The summed E-state index contributed by atoms with van der Waals surface area (Å²) in [6, 6.07) is 0.742. The quantitative estimate of drug-likeness (QED) is 0.288. The van der Waals surface area contributed by atoms with Crippen LogP contribution in [0.1, 0.15) is 47.9 Å². The molecule has 4 N–H and O–H groups in total. The number of piperidine rings is 2. The van der Waals surface area contributed by atoms with Gasteiger partial charge < -0.3 is 35.8 Å². The third kappa shape index (κ3) is 7.91. The number of amides is 4. The van der Waals surface area contributed by atoms with Crippen molar-refractivity contribution in [1.29, 1.82) is 0 Å². The van der Waals surface area contributed by atoms with Gasteiger partial charge in [0.05, 0.1) is 29.0 Å². The topological polar surface area (TPSA) is 123 Å². The number of nitrogens with one attached hydrogen (secondary N) is 2. The van der Waals surface area contributed by atoms with E-state index in [0.717, 1.165) is 37.4 Å². The van der Waals surface area contributed by atoms with Crippen LogP contribution in [0.25, 0.3) is 0 Å². The largest absolute Gasteiger partial charge is 0.436 e. The Morgan fingerprint density at radius 1 is 0.880 bits per heavy atom. The third-order valence-corrected chi connectivity index (χ3v) is 10.8. The lowest BCUT2D eigenvalue weighted by Gasteiger charge is -2.41. The van der Waals surface area contributed by atoms with Crippen molar-refractivity contribution in [1.82, 2.24) is 24.9 Å². The smallest absolute Gasteiger partial charge is 0.418 e. The van der Waals surface area contributed by atoms with Crippen LogP contribution < -0.4 is 16.4 Å². The Labute approximate surface area is 288 Å². The van der Waals surface area contributed by atoms with E-state index in [1.165, 1.54) is 21.1 Å². The number of thiophene rings is 1. The van der Waals surface area contributed by atoms with Crippen molar-refractivity contribution < 1.29 is 45.5 Å². The molecule has 11 nitrogen and oxygen atoms in total. The molecule has 1 atom stereocenters. The molecule has 0 bridgehead atoms. The molecule has 5 heterocycles. The first-order valence-corrected chi connectivity index (χ1v) is 17.5. The summed E-state index contributed by atoms with van der Waals surface area (Å²) in [5, 5.41) is 9.96. The van der Waals surface area contributed by atoms with Gasteiger partial charge in [-0.2, -0.15) is 26.3 Å². The maximum atomic E-state index is 13.9. The van der Waals surface area contributed by atoms with Crippen molar-refractivity contribution in [3.05, 3.63) is 45.1 Å². The van der Waals surface area contributed by atoms with Gasteiger partial charge >= 0.3 is 24.5 Å². The number of urea groups is 1. The number of likely N-dealkylation sites (tertiary alicyclic amines) is 2. The molecule has 0 radical (unpaired) electrons. The van der Waals surface area contributed by atoms with Gasteiger partial charge in [0.1, 0.15) is 0 Å². The SMILES string of the molecule is Nc1c(C(F)(F)F)cc(C[C@@H](OC(=O)N2CCC(N3Cc4cscc4NC3=O)CC2)C(=O)N2CCC(N3CCNCC3)CC2)cc1C(F)(F)F. The number of rotatable bonds is 6. The molecule has 6 rings (SSSR count). The predicted octanol–water partition coefficient (Wildman–Crippen LogP) is 4.82. The van der Waals surface area contributed by atoms with Gasteiger partial charge in [-0.25, -0.2) is 9.59 Å². The van der Waals surface area contributed by atoms with Gasteiger partial charge in [0.25, 0.3) is 5.91 Å². The van der Waals surface area contributed by atoms with Crippen LogP contribution in [0.4, 0.5) is 47.3 Å². The molecule has 4 aliphatic heterocycles. The van der Waals surface area contributed by atoms with Crippen LogP contribution in [0.2, 0.25) is 0 Å². The van der Waals surface area contributed by atoms with Gasteiger partial charge in [0.15, 0.2) is 6.10 Å². The molecule has 0 spiro atoms. The van der Waals surface area contributed by atoms with Crippen molar-refractivity contribution in [3.63, 3.8) is 0 Å². The zero-order valence-corrected chi connectivity index (χ0v) is 27.9. The van der Waals surface area contributed by atoms with Crippen molar-refractivity contribution in [2.45, 2.75) is 69.2 Å². The highest BCUT2D eigenvalue weighted by Crippen LogP contribution is 2.42. The zero-order chi connectivity index (χ0) is 35.8. The number of hydrogen-bond acceptors (Lipinski definition) is 8. The second-order valence-electron chi connectivity index (χ2n) is 13.1. The second-order valence-corrected chi connectivity index (χ2v) is 13.8. The highest BCUT2D eigenvalue weighted by Gasteiger charge is 2.42. The maximum absolute atomic E-state index is 13.9. The fourth-order valence-electron chi connectivity index (χ4n) is 7.24. The number of nitrogens with two attached hydrogens (primary N) is 1. The molecule has 2 aromatic rings.